The Morgan fingerprint density at radius 3 is 2.37 bits per heavy atom. The fourth-order valence-corrected chi connectivity index (χ4v) is 3.16. The molecule has 19 heavy (non-hydrogen) atoms. The largest absolute Gasteiger partial charge is 0.402 e. The van der Waals surface area contributed by atoms with Crippen LogP contribution in [-0.4, -0.2) is 32.5 Å². The van der Waals surface area contributed by atoms with Gasteiger partial charge in [0.15, 0.2) is 5.82 Å². The minimum Gasteiger partial charge on any atom is -0.399 e. The van der Waals surface area contributed by atoms with Crippen molar-refractivity contribution in [3.8, 4) is 0 Å². The van der Waals surface area contributed by atoms with Crippen molar-refractivity contribution in [1.82, 2.24) is 4.31 Å². The summed E-state index contributed by atoms with van der Waals surface area (Å²) in [6, 6.07) is 1.88. The van der Waals surface area contributed by atoms with Crippen molar-refractivity contribution in [3.63, 3.8) is 0 Å². The number of nitrogen functional groups attached to an aromatic ring is 1. The van der Waals surface area contributed by atoms with Crippen LogP contribution in [0.4, 0.5) is 23.2 Å². The third-order valence-electron chi connectivity index (χ3n) is 2.11. The minimum absolute atomic E-state index is 0.0112. The maximum Gasteiger partial charge on any atom is 0.402 e. The summed E-state index contributed by atoms with van der Waals surface area (Å²) < 4.78 is 73.7. The molecule has 2 N–H and O–H groups in total. The lowest BCUT2D eigenvalue weighted by atomic mass is 10.3. The number of halogens is 5. The summed E-state index contributed by atoms with van der Waals surface area (Å²) >= 11 is 2.74. The van der Waals surface area contributed by atoms with Crippen LogP contribution in [0.25, 0.3) is 0 Å². The first kappa shape index (κ1) is 16.2. The van der Waals surface area contributed by atoms with E-state index in [0.29, 0.717) is 7.05 Å². The first-order valence-corrected chi connectivity index (χ1v) is 6.96. The van der Waals surface area contributed by atoms with E-state index >= 15 is 0 Å². The molecule has 0 aliphatic heterocycles. The first-order valence-electron chi connectivity index (χ1n) is 4.73. The summed E-state index contributed by atoms with van der Waals surface area (Å²) in [5.74, 6) is -1.19. The monoisotopic (exact) mass is 364 g/mol. The highest BCUT2D eigenvalue weighted by atomic mass is 79.9. The van der Waals surface area contributed by atoms with Crippen molar-refractivity contribution >= 4 is 31.6 Å². The van der Waals surface area contributed by atoms with Crippen LogP contribution in [0.3, 0.4) is 0 Å². The van der Waals surface area contributed by atoms with E-state index in [2.05, 4.69) is 15.9 Å². The highest BCUT2D eigenvalue weighted by molar-refractivity contribution is 9.10. The number of benzene rings is 1. The van der Waals surface area contributed by atoms with Crippen LogP contribution in [0, 0.1) is 5.82 Å². The Bertz CT molecular complexity index is 589. The van der Waals surface area contributed by atoms with Crippen molar-refractivity contribution in [3.05, 3.63) is 22.4 Å². The van der Waals surface area contributed by atoms with Gasteiger partial charge in [0.05, 0.1) is 4.47 Å². The van der Waals surface area contributed by atoms with E-state index in [4.69, 9.17) is 5.73 Å². The molecule has 0 unspecified atom stereocenters. The van der Waals surface area contributed by atoms with Crippen molar-refractivity contribution in [1.29, 1.82) is 0 Å². The lowest BCUT2D eigenvalue weighted by Crippen LogP contribution is -2.36. The summed E-state index contributed by atoms with van der Waals surface area (Å²) in [5, 5.41) is 0. The predicted molar refractivity (Wildman–Crippen MR) is 64.4 cm³/mol. The van der Waals surface area contributed by atoms with Gasteiger partial charge < -0.3 is 5.73 Å². The highest BCUT2D eigenvalue weighted by Gasteiger charge is 2.36. The van der Waals surface area contributed by atoms with E-state index in [1.807, 2.05) is 0 Å². The van der Waals surface area contributed by atoms with Crippen LogP contribution < -0.4 is 5.73 Å². The highest BCUT2D eigenvalue weighted by Crippen LogP contribution is 2.29. The number of hydrogen-bond donors (Lipinski definition) is 1. The Labute approximate surface area is 115 Å². The topological polar surface area (TPSA) is 63.4 Å². The van der Waals surface area contributed by atoms with Crippen LogP contribution in [0.5, 0.6) is 0 Å². The van der Waals surface area contributed by atoms with Gasteiger partial charge >= 0.3 is 6.18 Å². The van der Waals surface area contributed by atoms with Crippen molar-refractivity contribution < 1.29 is 26.0 Å². The van der Waals surface area contributed by atoms with Gasteiger partial charge in [-0.15, -0.1) is 0 Å². The van der Waals surface area contributed by atoms with E-state index < -0.39 is 33.5 Å². The number of sulfonamides is 1. The van der Waals surface area contributed by atoms with Crippen LogP contribution in [0.2, 0.25) is 0 Å². The zero-order valence-corrected chi connectivity index (χ0v) is 11.9. The molecule has 0 fully saturated rings. The molecule has 0 amide bonds. The van der Waals surface area contributed by atoms with E-state index in [9.17, 15) is 26.0 Å². The van der Waals surface area contributed by atoms with Gasteiger partial charge in [-0.05, 0) is 28.1 Å². The summed E-state index contributed by atoms with van der Waals surface area (Å²) in [7, 11) is -3.91. The molecule has 0 bridgehead atoms. The molecule has 0 radical (unpaired) electrons. The molecule has 10 heteroatoms. The van der Waals surface area contributed by atoms with Crippen molar-refractivity contribution in [2.45, 2.75) is 11.1 Å². The fourth-order valence-electron chi connectivity index (χ4n) is 1.28. The Morgan fingerprint density at radius 2 is 1.89 bits per heavy atom. The van der Waals surface area contributed by atoms with Crippen LogP contribution >= 0.6 is 15.9 Å². The maximum absolute atomic E-state index is 13.7. The predicted octanol–water partition coefficient (Wildman–Crippen LogP) is 2.35. The van der Waals surface area contributed by atoms with Crippen molar-refractivity contribution in [2.24, 2.45) is 0 Å². The van der Waals surface area contributed by atoms with Gasteiger partial charge in [-0.3, -0.25) is 0 Å². The van der Waals surface area contributed by atoms with E-state index in [1.54, 1.807) is 0 Å². The lowest BCUT2D eigenvalue weighted by molar-refractivity contribution is -0.134. The molecular formula is C9H9BrF4N2O2S. The molecule has 0 aliphatic rings. The molecule has 0 atom stereocenters. The number of nitrogens with two attached hydrogens (primary N) is 1. The zero-order chi connectivity index (χ0) is 15.0. The molecule has 0 saturated carbocycles. The Morgan fingerprint density at radius 1 is 1.37 bits per heavy atom. The van der Waals surface area contributed by atoms with E-state index in [1.165, 1.54) is 0 Å². The molecule has 0 heterocycles. The van der Waals surface area contributed by atoms with Gasteiger partial charge in [0, 0.05) is 12.7 Å². The lowest BCUT2D eigenvalue weighted by Gasteiger charge is -2.19. The smallest absolute Gasteiger partial charge is 0.399 e. The Hall–Kier alpha value is -0.870. The second-order valence-corrected chi connectivity index (χ2v) is 6.56. The van der Waals surface area contributed by atoms with Gasteiger partial charge in [-0.25, -0.2) is 12.8 Å². The van der Waals surface area contributed by atoms with Gasteiger partial charge in [-0.2, -0.15) is 17.5 Å². The second kappa shape index (κ2) is 5.25. The van der Waals surface area contributed by atoms with Gasteiger partial charge in [0.1, 0.15) is 11.4 Å². The van der Waals surface area contributed by atoms with E-state index in [-0.39, 0.29) is 14.5 Å². The molecule has 0 spiro atoms. The Balaban J connectivity index is 3.28. The third kappa shape index (κ3) is 3.80. The quantitative estimate of drug-likeness (QED) is 0.661. The molecule has 4 nitrogen and oxygen atoms in total. The van der Waals surface area contributed by atoms with Gasteiger partial charge in [0.25, 0.3) is 0 Å². The molecule has 1 rings (SSSR count). The summed E-state index contributed by atoms with van der Waals surface area (Å²) in [6.07, 6.45) is -4.73. The number of nitrogens with zero attached hydrogens (tertiary/aromatic N) is 1. The molecule has 1 aromatic carbocycles. The molecular weight excluding hydrogens is 356 g/mol. The fraction of sp³-hybridized carbons (Fsp3) is 0.333. The average Bonchev–Trinajstić information content (AvgIpc) is 2.20. The van der Waals surface area contributed by atoms with E-state index in [0.717, 1.165) is 12.1 Å². The zero-order valence-electron chi connectivity index (χ0n) is 9.50. The maximum atomic E-state index is 13.7. The molecule has 0 aliphatic carbocycles. The number of hydrogen-bond acceptors (Lipinski definition) is 3. The minimum atomic E-state index is -4.73. The van der Waals surface area contributed by atoms with Crippen LogP contribution in [-0.2, 0) is 10.0 Å². The summed E-state index contributed by atoms with van der Waals surface area (Å²) in [4.78, 5) is -0.911. The number of anilines is 1. The Kier molecular flexibility index (Phi) is 4.47. The first-order chi connectivity index (χ1) is 8.45. The van der Waals surface area contributed by atoms with Crippen LogP contribution in [0.1, 0.15) is 0 Å². The van der Waals surface area contributed by atoms with Gasteiger partial charge in [0.2, 0.25) is 10.0 Å². The molecule has 0 saturated heterocycles. The normalized spacial score (nSPS) is 13.0. The number of rotatable bonds is 3. The molecule has 1 aromatic rings. The number of alkyl halides is 3. The molecule has 108 valence electrons. The summed E-state index contributed by atoms with van der Waals surface area (Å²) in [6.45, 7) is -1.72. The van der Waals surface area contributed by atoms with Crippen LogP contribution in [0.15, 0.2) is 21.5 Å². The second-order valence-electron chi connectivity index (χ2n) is 3.69. The van der Waals surface area contributed by atoms with Crippen molar-refractivity contribution in [2.75, 3.05) is 19.3 Å². The standard InChI is InChI=1S/C9H9BrF4N2O2S/c1-16(4-9(12,13)14)19(17,18)7-3-5(15)2-6(10)8(7)11/h2-3H,4,15H2,1H3. The average molecular weight is 365 g/mol. The SMILES string of the molecule is CN(CC(F)(F)F)S(=O)(=O)c1cc(N)cc(Br)c1F. The molecule has 0 aromatic heterocycles. The van der Waals surface area contributed by atoms with Gasteiger partial charge in [-0.1, -0.05) is 0 Å². The summed E-state index contributed by atoms with van der Waals surface area (Å²) in [5.41, 5.74) is 5.26. The third-order valence-corrected chi connectivity index (χ3v) is 4.49.